The Morgan fingerprint density at radius 2 is 1.96 bits per heavy atom. The molecule has 1 fully saturated rings. The summed E-state index contributed by atoms with van der Waals surface area (Å²) in [6.07, 6.45) is 0.530. The molecule has 0 aliphatic carbocycles. The van der Waals surface area contributed by atoms with E-state index in [1.165, 1.54) is 18.5 Å². The summed E-state index contributed by atoms with van der Waals surface area (Å²) in [4.78, 5) is 14.4. The standard InChI is InChI=1S/C18H19F3N6O/c1-26-16-13(9-24-26)17(23-11-22-16)27-7-5-12(6-8-27)10-28-15-4-2-3-14(25-15)18(19,20)21/h2-4,9,11-12H,5-8,10H2,1H3. The third kappa shape index (κ3) is 3.71. The van der Waals surface area contributed by atoms with Gasteiger partial charge in [-0.15, -0.1) is 0 Å². The van der Waals surface area contributed by atoms with Crippen LogP contribution in [0.25, 0.3) is 11.0 Å². The molecule has 1 aliphatic heterocycles. The predicted octanol–water partition coefficient (Wildman–Crippen LogP) is 3.07. The second-order valence-electron chi connectivity index (χ2n) is 6.80. The normalized spacial score (nSPS) is 15.9. The van der Waals surface area contributed by atoms with Gasteiger partial charge in [0.1, 0.15) is 17.8 Å². The van der Waals surface area contributed by atoms with Gasteiger partial charge in [0.25, 0.3) is 0 Å². The van der Waals surface area contributed by atoms with E-state index in [4.69, 9.17) is 4.74 Å². The Morgan fingerprint density at radius 3 is 2.71 bits per heavy atom. The van der Waals surface area contributed by atoms with Crippen molar-refractivity contribution in [2.75, 3.05) is 24.6 Å². The first-order valence-electron chi connectivity index (χ1n) is 8.96. The molecule has 0 radical (unpaired) electrons. The van der Waals surface area contributed by atoms with E-state index in [1.54, 1.807) is 10.9 Å². The molecule has 0 bridgehead atoms. The van der Waals surface area contributed by atoms with Gasteiger partial charge in [0.15, 0.2) is 5.65 Å². The summed E-state index contributed by atoms with van der Waals surface area (Å²) in [5.41, 5.74) is -0.157. The summed E-state index contributed by atoms with van der Waals surface area (Å²) in [5, 5.41) is 5.14. The molecule has 0 amide bonds. The fourth-order valence-electron chi connectivity index (χ4n) is 3.37. The number of hydrogen-bond acceptors (Lipinski definition) is 6. The monoisotopic (exact) mass is 392 g/mol. The van der Waals surface area contributed by atoms with Gasteiger partial charge in [-0.2, -0.15) is 18.3 Å². The molecule has 0 N–H and O–H groups in total. The number of pyridine rings is 1. The first-order valence-corrected chi connectivity index (χ1v) is 8.96. The summed E-state index contributed by atoms with van der Waals surface area (Å²) in [6, 6.07) is 3.69. The summed E-state index contributed by atoms with van der Waals surface area (Å²) in [5.74, 6) is 1.11. The second kappa shape index (κ2) is 7.25. The van der Waals surface area contributed by atoms with Crippen molar-refractivity contribution in [1.29, 1.82) is 0 Å². The highest BCUT2D eigenvalue weighted by Gasteiger charge is 2.32. The SMILES string of the molecule is Cn1ncc2c(N3CCC(COc4cccc(C(F)(F)F)n4)CC3)ncnc21. The molecule has 1 saturated heterocycles. The molecule has 1 aliphatic rings. The molecule has 10 heteroatoms. The van der Waals surface area contributed by atoms with E-state index < -0.39 is 11.9 Å². The maximum absolute atomic E-state index is 12.7. The molecule has 0 unspecified atom stereocenters. The average molecular weight is 392 g/mol. The summed E-state index contributed by atoms with van der Waals surface area (Å²) in [6.45, 7) is 1.91. The van der Waals surface area contributed by atoms with Crippen LogP contribution in [-0.4, -0.2) is 44.4 Å². The topological polar surface area (TPSA) is 69.0 Å². The molecule has 0 aromatic carbocycles. The van der Waals surface area contributed by atoms with Crippen LogP contribution in [0.15, 0.2) is 30.7 Å². The van der Waals surface area contributed by atoms with Crippen LogP contribution in [0.5, 0.6) is 5.88 Å². The average Bonchev–Trinajstić information content (AvgIpc) is 3.08. The zero-order chi connectivity index (χ0) is 19.7. The highest BCUT2D eigenvalue weighted by molar-refractivity contribution is 5.86. The van der Waals surface area contributed by atoms with E-state index >= 15 is 0 Å². The van der Waals surface area contributed by atoms with Crippen LogP contribution in [0.4, 0.5) is 19.0 Å². The van der Waals surface area contributed by atoms with E-state index in [0.29, 0.717) is 6.61 Å². The van der Waals surface area contributed by atoms with Gasteiger partial charge in [0.2, 0.25) is 5.88 Å². The van der Waals surface area contributed by atoms with E-state index in [2.05, 4.69) is 25.0 Å². The van der Waals surface area contributed by atoms with E-state index in [0.717, 1.165) is 48.8 Å². The van der Waals surface area contributed by atoms with Crippen molar-refractivity contribution in [1.82, 2.24) is 24.7 Å². The molecular formula is C18H19F3N6O. The number of piperidine rings is 1. The first-order chi connectivity index (χ1) is 13.4. The molecule has 4 heterocycles. The van der Waals surface area contributed by atoms with Gasteiger partial charge in [0, 0.05) is 26.2 Å². The first kappa shape index (κ1) is 18.5. The fourth-order valence-corrected chi connectivity index (χ4v) is 3.37. The van der Waals surface area contributed by atoms with Crippen molar-refractivity contribution >= 4 is 16.9 Å². The Bertz CT molecular complexity index is 965. The number of anilines is 1. The molecule has 28 heavy (non-hydrogen) atoms. The van der Waals surface area contributed by atoms with Crippen LogP contribution < -0.4 is 9.64 Å². The highest BCUT2D eigenvalue weighted by Crippen LogP contribution is 2.30. The second-order valence-corrected chi connectivity index (χ2v) is 6.80. The number of fused-ring (bicyclic) bond motifs is 1. The van der Waals surface area contributed by atoms with Gasteiger partial charge in [0.05, 0.1) is 18.2 Å². The van der Waals surface area contributed by atoms with Crippen molar-refractivity contribution in [3.05, 3.63) is 36.4 Å². The van der Waals surface area contributed by atoms with Gasteiger partial charge >= 0.3 is 6.18 Å². The van der Waals surface area contributed by atoms with Crippen molar-refractivity contribution < 1.29 is 17.9 Å². The molecule has 3 aromatic rings. The van der Waals surface area contributed by atoms with Crippen LogP contribution in [0.2, 0.25) is 0 Å². The Labute approximate surface area is 159 Å². The number of rotatable bonds is 4. The van der Waals surface area contributed by atoms with Crippen LogP contribution in [0.1, 0.15) is 18.5 Å². The molecule has 7 nitrogen and oxygen atoms in total. The fraction of sp³-hybridized carbons (Fsp3) is 0.444. The summed E-state index contributed by atoms with van der Waals surface area (Å²) < 4.78 is 45.5. The van der Waals surface area contributed by atoms with Crippen LogP contribution in [0, 0.1) is 5.92 Å². The number of aromatic nitrogens is 5. The number of aryl methyl sites for hydroxylation is 1. The zero-order valence-electron chi connectivity index (χ0n) is 15.2. The Hall–Kier alpha value is -2.91. The van der Waals surface area contributed by atoms with E-state index in [1.807, 2.05) is 7.05 Å². The summed E-state index contributed by atoms with van der Waals surface area (Å²) >= 11 is 0. The van der Waals surface area contributed by atoms with Gasteiger partial charge in [-0.05, 0) is 24.8 Å². The summed E-state index contributed by atoms with van der Waals surface area (Å²) in [7, 11) is 1.84. The third-order valence-electron chi connectivity index (χ3n) is 4.90. The number of hydrogen-bond donors (Lipinski definition) is 0. The molecule has 0 saturated carbocycles. The Kier molecular flexibility index (Phi) is 4.78. The van der Waals surface area contributed by atoms with Gasteiger partial charge in [-0.1, -0.05) is 6.07 Å². The lowest BCUT2D eigenvalue weighted by atomic mass is 9.98. The number of nitrogens with zero attached hydrogens (tertiary/aromatic N) is 6. The van der Waals surface area contributed by atoms with Crippen molar-refractivity contribution in [3.8, 4) is 5.88 Å². The minimum atomic E-state index is -4.47. The molecule has 3 aromatic heterocycles. The van der Waals surface area contributed by atoms with Crippen LogP contribution >= 0.6 is 0 Å². The maximum Gasteiger partial charge on any atom is 0.433 e. The van der Waals surface area contributed by atoms with Gasteiger partial charge in [-0.25, -0.2) is 15.0 Å². The lowest BCUT2D eigenvalue weighted by Gasteiger charge is -2.32. The van der Waals surface area contributed by atoms with E-state index in [9.17, 15) is 13.2 Å². The minimum Gasteiger partial charge on any atom is -0.477 e. The molecule has 4 rings (SSSR count). The number of ether oxygens (including phenoxy) is 1. The molecule has 0 atom stereocenters. The van der Waals surface area contributed by atoms with Crippen LogP contribution in [0.3, 0.4) is 0 Å². The minimum absolute atomic E-state index is 0.00474. The lowest BCUT2D eigenvalue weighted by molar-refractivity contribution is -0.141. The Balaban J connectivity index is 1.36. The third-order valence-corrected chi connectivity index (χ3v) is 4.90. The largest absolute Gasteiger partial charge is 0.477 e. The zero-order valence-corrected chi connectivity index (χ0v) is 15.2. The quantitative estimate of drug-likeness (QED) is 0.680. The van der Waals surface area contributed by atoms with Crippen molar-refractivity contribution in [2.45, 2.75) is 19.0 Å². The molecular weight excluding hydrogens is 373 g/mol. The number of alkyl halides is 3. The maximum atomic E-state index is 12.7. The molecule has 148 valence electrons. The lowest BCUT2D eigenvalue weighted by Crippen LogP contribution is -2.36. The highest BCUT2D eigenvalue weighted by atomic mass is 19.4. The molecule has 0 spiro atoms. The van der Waals surface area contributed by atoms with Gasteiger partial charge < -0.3 is 9.64 Å². The van der Waals surface area contributed by atoms with Gasteiger partial charge in [-0.3, -0.25) is 4.68 Å². The van der Waals surface area contributed by atoms with E-state index in [-0.39, 0.29) is 11.8 Å². The van der Waals surface area contributed by atoms with Crippen molar-refractivity contribution in [2.24, 2.45) is 13.0 Å². The Morgan fingerprint density at radius 1 is 1.18 bits per heavy atom. The predicted molar refractivity (Wildman–Crippen MR) is 96.0 cm³/mol. The van der Waals surface area contributed by atoms with Crippen LogP contribution in [-0.2, 0) is 13.2 Å². The number of halogens is 3. The van der Waals surface area contributed by atoms with Crippen molar-refractivity contribution in [3.63, 3.8) is 0 Å². The smallest absolute Gasteiger partial charge is 0.433 e.